The molecule has 1 N–H and O–H groups in total. The van der Waals surface area contributed by atoms with Crippen molar-refractivity contribution in [1.82, 2.24) is 4.98 Å². The second-order valence-corrected chi connectivity index (χ2v) is 5.23. The van der Waals surface area contributed by atoms with Crippen LogP contribution in [0.15, 0.2) is 36.4 Å². The lowest BCUT2D eigenvalue weighted by atomic mass is 10.0. The van der Waals surface area contributed by atoms with E-state index < -0.39 is 5.97 Å². The lowest BCUT2D eigenvalue weighted by Crippen LogP contribution is -2.12. The molecule has 4 nitrogen and oxygen atoms in total. The fourth-order valence-electron chi connectivity index (χ4n) is 2.48. The van der Waals surface area contributed by atoms with Crippen molar-refractivity contribution in [3.8, 4) is 0 Å². The largest absolute Gasteiger partial charge is 0.459 e. The highest BCUT2D eigenvalue weighted by atomic mass is 16.5. The van der Waals surface area contributed by atoms with Crippen LogP contribution in [0.25, 0.3) is 21.8 Å². The number of rotatable bonds is 3. The molecule has 4 heteroatoms. The molecule has 3 aromatic rings. The van der Waals surface area contributed by atoms with Crippen molar-refractivity contribution in [1.29, 1.82) is 0 Å². The van der Waals surface area contributed by atoms with Crippen molar-refractivity contribution in [3.05, 3.63) is 47.5 Å². The first kappa shape index (κ1) is 13.4. The van der Waals surface area contributed by atoms with Crippen LogP contribution in [0.5, 0.6) is 0 Å². The van der Waals surface area contributed by atoms with E-state index in [0.717, 1.165) is 22.6 Å². The zero-order valence-electron chi connectivity index (χ0n) is 11.8. The first-order valence-electron chi connectivity index (χ1n) is 6.81. The predicted molar refractivity (Wildman–Crippen MR) is 81.7 cm³/mol. The summed E-state index contributed by atoms with van der Waals surface area (Å²) in [4.78, 5) is 26.6. The molecule has 2 aromatic carbocycles. The van der Waals surface area contributed by atoms with Gasteiger partial charge >= 0.3 is 5.97 Å². The van der Waals surface area contributed by atoms with Gasteiger partial charge in [0.15, 0.2) is 0 Å². The third kappa shape index (κ3) is 2.29. The van der Waals surface area contributed by atoms with Gasteiger partial charge in [0, 0.05) is 21.9 Å². The summed E-state index contributed by atoms with van der Waals surface area (Å²) < 4.78 is 5.27. The van der Waals surface area contributed by atoms with E-state index in [1.807, 2.05) is 24.3 Å². The molecule has 0 spiro atoms. The van der Waals surface area contributed by atoms with Gasteiger partial charge in [0.05, 0.1) is 17.2 Å². The normalized spacial score (nSPS) is 11.2. The molecule has 0 atom stereocenters. The monoisotopic (exact) mass is 281 g/mol. The van der Waals surface area contributed by atoms with Crippen LogP contribution in [0.3, 0.4) is 0 Å². The van der Waals surface area contributed by atoms with Gasteiger partial charge in [-0.2, -0.15) is 0 Å². The van der Waals surface area contributed by atoms with E-state index >= 15 is 0 Å². The summed E-state index contributed by atoms with van der Waals surface area (Å²) in [7, 11) is 0. The molecule has 0 saturated heterocycles. The molecule has 0 bridgehead atoms. The minimum absolute atomic E-state index is 0.211. The molecule has 3 rings (SSSR count). The van der Waals surface area contributed by atoms with Crippen molar-refractivity contribution < 1.29 is 14.3 Å². The summed E-state index contributed by atoms with van der Waals surface area (Å²) in [6.45, 7) is 3.59. The first-order chi connectivity index (χ1) is 10.1. The average Bonchev–Trinajstić information content (AvgIpc) is 2.84. The molecule has 0 radical (unpaired) electrons. The smallest absolute Gasteiger partial charge is 0.340 e. The quantitative estimate of drug-likeness (QED) is 0.588. The van der Waals surface area contributed by atoms with E-state index in [-0.39, 0.29) is 6.10 Å². The molecule has 0 amide bonds. The van der Waals surface area contributed by atoms with E-state index in [4.69, 9.17) is 4.74 Å². The standard InChI is InChI=1S/C17H15NO3/c1-10(2)21-17(20)14-8-11(9-19)7-13-12-5-3-4-6-15(12)18-16(13)14/h3-10,18H,1-2H3. The van der Waals surface area contributed by atoms with Crippen molar-refractivity contribution >= 4 is 34.1 Å². The highest BCUT2D eigenvalue weighted by Gasteiger charge is 2.17. The van der Waals surface area contributed by atoms with Gasteiger partial charge in [-0.3, -0.25) is 4.79 Å². The van der Waals surface area contributed by atoms with Crippen molar-refractivity contribution in [2.24, 2.45) is 0 Å². The number of nitrogens with one attached hydrogen (secondary N) is 1. The van der Waals surface area contributed by atoms with Crippen LogP contribution >= 0.6 is 0 Å². The van der Waals surface area contributed by atoms with Gasteiger partial charge < -0.3 is 9.72 Å². The van der Waals surface area contributed by atoms with Crippen LogP contribution < -0.4 is 0 Å². The number of hydrogen-bond donors (Lipinski definition) is 1. The van der Waals surface area contributed by atoms with Crippen LogP contribution in [0.4, 0.5) is 0 Å². The summed E-state index contributed by atoms with van der Waals surface area (Å²) in [5, 5.41) is 1.83. The highest BCUT2D eigenvalue weighted by molar-refractivity contribution is 6.15. The van der Waals surface area contributed by atoms with Crippen LogP contribution in [0.1, 0.15) is 34.6 Å². The lowest BCUT2D eigenvalue weighted by Gasteiger charge is -2.09. The van der Waals surface area contributed by atoms with Gasteiger partial charge in [-0.25, -0.2) is 4.79 Å². The summed E-state index contributed by atoms with van der Waals surface area (Å²) >= 11 is 0. The molecular weight excluding hydrogens is 266 g/mol. The van der Waals surface area contributed by atoms with E-state index in [9.17, 15) is 9.59 Å². The molecule has 0 unspecified atom stereocenters. The van der Waals surface area contributed by atoms with Crippen LogP contribution in [-0.4, -0.2) is 23.3 Å². The second kappa shape index (κ2) is 5.05. The number of ether oxygens (including phenoxy) is 1. The van der Waals surface area contributed by atoms with Gasteiger partial charge in [0.1, 0.15) is 6.29 Å². The van der Waals surface area contributed by atoms with E-state index in [0.29, 0.717) is 16.6 Å². The maximum Gasteiger partial charge on any atom is 0.340 e. The second-order valence-electron chi connectivity index (χ2n) is 5.23. The maximum absolute atomic E-state index is 12.3. The molecule has 0 fully saturated rings. The molecule has 0 aliphatic rings. The molecule has 1 aromatic heterocycles. The van der Waals surface area contributed by atoms with E-state index in [1.54, 1.807) is 26.0 Å². The zero-order chi connectivity index (χ0) is 15.0. The van der Waals surface area contributed by atoms with Gasteiger partial charge in [0.25, 0.3) is 0 Å². The number of para-hydroxylation sites is 1. The summed E-state index contributed by atoms with van der Waals surface area (Å²) in [5.74, 6) is -0.426. The number of aromatic nitrogens is 1. The molecule has 21 heavy (non-hydrogen) atoms. The van der Waals surface area contributed by atoms with E-state index in [2.05, 4.69) is 4.98 Å². The fourth-order valence-corrected chi connectivity index (χ4v) is 2.48. The van der Waals surface area contributed by atoms with Crippen LogP contribution in [0.2, 0.25) is 0 Å². The molecule has 106 valence electrons. The molecule has 1 heterocycles. The maximum atomic E-state index is 12.3. The number of H-pyrrole nitrogens is 1. The van der Waals surface area contributed by atoms with Crippen molar-refractivity contribution in [3.63, 3.8) is 0 Å². The minimum Gasteiger partial charge on any atom is -0.459 e. The van der Waals surface area contributed by atoms with Crippen molar-refractivity contribution in [2.75, 3.05) is 0 Å². The Morgan fingerprint density at radius 1 is 1.19 bits per heavy atom. The Morgan fingerprint density at radius 2 is 1.95 bits per heavy atom. The molecule has 0 saturated carbocycles. The number of carbonyl (C=O) groups is 2. The summed E-state index contributed by atoms with van der Waals surface area (Å²) in [5.41, 5.74) is 2.48. The SMILES string of the molecule is CC(C)OC(=O)c1cc(C=O)cc2c1[nH]c1ccccc12. The number of carbonyl (C=O) groups excluding carboxylic acids is 2. The number of fused-ring (bicyclic) bond motifs is 3. The van der Waals surface area contributed by atoms with Gasteiger partial charge in [-0.1, -0.05) is 18.2 Å². The molecular formula is C17H15NO3. The van der Waals surface area contributed by atoms with E-state index in [1.165, 1.54) is 0 Å². The first-order valence-corrected chi connectivity index (χ1v) is 6.81. The summed E-state index contributed by atoms with van der Waals surface area (Å²) in [6, 6.07) is 11.1. The van der Waals surface area contributed by atoms with Gasteiger partial charge in [-0.05, 0) is 32.0 Å². The fraction of sp³-hybridized carbons (Fsp3) is 0.176. The lowest BCUT2D eigenvalue weighted by molar-refractivity contribution is 0.0380. The van der Waals surface area contributed by atoms with Gasteiger partial charge in [0.2, 0.25) is 0 Å². The number of aromatic amines is 1. The predicted octanol–water partition coefficient (Wildman–Crippen LogP) is 3.70. The zero-order valence-corrected chi connectivity index (χ0v) is 11.8. The molecule has 0 aliphatic carbocycles. The number of aldehydes is 1. The summed E-state index contributed by atoms with van der Waals surface area (Å²) in [6.07, 6.45) is 0.532. The third-order valence-corrected chi connectivity index (χ3v) is 3.34. The van der Waals surface area contributed by atoms with Crippen LogP contribution in [-0.2, 0) is 4.74 Å². The van der Waals surface area contributed by atoms with Crippen LogP contribution in [0, 0.1) is 0 Å². The molecule has 0 aliphatic heterocycles. The Kier molecular flexibility index (Phi) is 3.22. The van der Waals surface area contributed by atoms with Gasteiger partial charge in [-0.15, -0.1) is 0 Å². The number of benzene rings is 2. The average molecular weight is 281 g/mol. The minimum atomic E-state index is -0.426. The Hall–Kier alpha value is -2.62. The Balaban J connectivity index is 2.31. The Labute approximate surface area is 121 Å². The Morgan fingerprint density at radius 3 is 2.67 bits per heavy atom. The topological polar surface area (TPSA) is 59.2 Å². The number of esters is 1. The third-order valence-electron chi connectivity index (χ3n) is 3.34. The Bertz CT molecular complexity index is 846. The number of hydrogen-bond acceptors (Lipinski definition) is 3. The van der Waals surface area contributed by atoms with Crippen molar-refractivity contribution in [2.45, 2.75) is 20.0 Å². The highest BCUT2D eigenvalue weighted by Crippen LogP contribution is 2.29.